The second-order valence-corrected chi connectivity index (χ2v) is 10.5. The number of carbonyl (C=O) groups excluding carboxylic acids is 1. The highest BCUT2D eigenvalue weighted by atomic mass is 35.5. The van der Waals surface area contributed by atoms with E-state index in [2.05, 4.69) is 10.2 Å². The van der Waals surface area contributed by atoms with Gasteiger partial charge < -0.3 is 13.7 Å². The fourth-order valence-corrected chi connectivity index (χ4v) is 5.49. The third-order valence-electron chi connectivity index (χ3n) is 4.94. The van der Waals surface area contributed by atoms with Gasteiger partial charge in [0.1, 0.15) is 0 Å². The largest absolute Gasteiger partial charge is 0.459 e. The highest BCUT2D eigenvalue weighted by Crippen LogP contribution is 2.24. The van der Waals surface area contributed by atoms with Crippen LogP contribution in [0.3, 0.4) is 0 Å². The zero-order valence-electron chi connectivity index (χ0n) is 17.0. The molecular weight excluding hydrogens is 476 g/mol. The van der Waals surface area contributed by atoms with E-state index in [1.165, 1.54) is 34.5 Å². The zero-order chi connectivity index (χ0) is 22.6. The fourth-order valence-electron chi connectivity index (χ4n) is 3.24. The number of amides is 1. The summed E-state index contributed by atoms with van der Waals surface area (Å²) in [6.45, 7) is 1.27. The lowest BCUT2D eigenvalue weighted by molar-refractivity contribution is -0.132. The topological polar surface area (TPSA) is 110 Å². The lowest BCUT2D eigenvalue weighted by atomic mass is 10.2. The number of hydrogen-bond donors (Lipinski definition) is 0. The number of piperazine rings is 1. The van der Waals surface area contributed by atoms with Gasteiger partial charge in [0, 0.05) is 43.4 Å². The van der Waals surface area contributed by atoms with Crippen molar-refractivity contribution in [1.29, 1.82) is 0 Å². The van der Waals surface area contributed by atoms with E-state index in [9.17, 15) is 13.2 Å². The van der Waals surface area contributed by atoms with Crippen molar-refractivity contribution in [2.75, 3.05) is 31.9 Å². The number of halogens is 1. The van der Waals surface area contributed by atoms with Gasteiger partial charge in [0.15, 0.2) is 5.76 Å². The summed E-state index contributed by atoms with van der Waals surface area (Å²) < 4.78 is 37.6. The number of thioether (sulfide) groups is 1. The summed E-state index contributed by atoms with van der Waals surface area (Å²) in [5.41, 5.74) is 0. The van der Waals surface area contributed by atoms with E-state index in [0.717, 1.165) is 0 Å². The van der Waals surface area contributed by atoms with Gasteiger partial charge in [-0.1, -0.05) is 23.4 Å². The summed E-state index contributed by atoms with van der Waals surface area (Å²) in [7, 11) is -3.59. The standard InChI is InChI=1S/C20H21ClN4O5S2/c21-15-5-7-16(8-6-15)32(27,28)25-11-9-24(10-12-25)18(26)4-2-14-31-20-23-22-19(30-20)17-3-1-13-29-17/h1,3,5-8,13H,2,4,9-12,14H2. The Morgan fingerprint density at radius 1 is 1.09 bits per heavy atom. The molecule has 0 saturated carbocycles. The SMILES string of the molecule is O=C(CCCSc1nnc(-c2ccco2)o1)N1CCN(S(=O)(=O)c2ccc(Cl)cc2)CC1. The van der Waals surface area contributed by atoms with Crippen molar-refractivity contribution in [3.8, 4) is 11.7 Å². The molecule has 12 heteroatoms. The number of rotatable bonds is 8. The first-order valence-electron chi connectivity index (χ1n) is 9.97. The molecule has 3 heterocycles. The number of furan rings is 1. The summed E-state index contributed by atoms with van der Waals surface area (Å²) in [6.07, 6.45) is 2.55. The van der Waals surface area contributed by atoms with E-state index in [4.69, 9.17) is 20.4 Å². The number of sulfonamides is 1. The van der Waals surface area contributed by atoms with Crippen LogP contribution in [-0.2, 0) is 14.8 Å². The monoisotopic (exact) mass is 496 g/mol. The van der Waals surface area contributed by atoms with Crippen LogP contribution in [0.5, 0.6) is 0 Å². The van der Waals surface area contributed by atoms with Gasteiger partial charge in [-0.2, -0.15) is 4.31 Å². The van der Waals surface area contributed by atoms with Gasteiger partial charge in [-0.05, 0) is 42.8 Å². The van der Waals surface area contributed by atoms with Crippen molar-refractivity contribution in [2.24, 2.45) is 0 Å². The molecule has 1 aliphatic rings. The maximum absolute atomic E-state index is 12.7. The van der Waals surface area contributed by atoms with Crippen LogP contribution in [0.1, 0.15) is 12.8 Å². The molecule has 1 amide bonds. The number of benzene rings is 1. The zero-order valence-corrected chi connectivity index (χ0v) is 19.4. The Kier molecular flexibility index (Phi) is 7.19. The van der Waals surface area contributed by atoms with Crippen molar-refractivity contribution in [2.45, 2.75) is 23.0 Å². The maximum Gasteiger partial charge on any atom is 0.284 e. The van der Waals surface area contributed by atoms with E-state index in [1.807, 2.05) is 0 Å². The molecule has 0 atom stereocenters. The van der Waals surface area contributed by atoms with Crippen LogP contribution < -0.4 is 0 Å². The lowest BCUT2D eigenvalue weighted by Gasteiger charge is -2.34. The first kappa shape index (κ1) is 22.8. The molecule has 170 valence electrons. The van der Waals surface area contributed by atoms with E-state index < -0.39 is 10.0 Å². The molecule has 32 heavy (non-hydrogen) atoms. The van der Waals surface area contributed by atoms with Gasteiger partial charge in [0.25, 0.3) is 11.1 Å². The van der Waals surface area contributed by atoms with Crippen LogP contribution in [0.2, 0.25) is 5.02 Å². The average Bonchev–Trinajstić information content (AvgIpc) is 3.49. The van der Waals surface area contributed by atoms with Crippen LogP contribution in [0.25, 0.3) is 11.7 Å². The Bertz CT molecular complexity index is 1140. The molecule has 9 nitrogen and oxygen atoms in total. The Morgan fingerprint density at radius 3 is 2.53 bits per heavy atom. The average molecular weight is 497 g/mol. The molecule has 0 spiro atoms. The first-order valence-corrected chi connectivity index (χ1v) is 12.8. The van der Waals surface area contributed by atoms with Crippen molar-refractivity contribution in [1.82, 2.24) is 19.4 Å². The second-order valence-electron chi connectivity index (χ2n) is 7.04. The summed E-state index contributed by atoms with van der Waals surface area (Å²) >= 11 is 7.22. The number of aromatic nitrogens is 2. The van der Waals surface area contributed by atoms with Gasteiger partial charge in [0.05, 0.1) is 11.2 Å². The predicted molar refractivity (Wildman–Crippen MR) is 119 cm³/mol. The highest BCUT2D eigenvalue weighted by molar-refractivity contribution is 7.99. The lowest BCUT2D eigenvalue weighted by Crippen LogP contribution is -2.50. The molecule has 0 radical (unpaired) electrons. The quantitative estimate of drug-likeness (QED) is 0.345. The molecular formula is C20H21ClN4O5S2. The summed E-state index contributed by atoms with van der Waals surface area (Å²) in [4.78, 5) is 14.4. The smallest absolute Gasteiger partial charge is 0.284 e. The van der Waals surface area contributed by atoms with E-state index in [-0.39, 0.29) is 23.9 Å². The third kappa shape index (κ3) is 5.34. The number of carbonyl (C=O) groups is 1. The molecule has 2 aromatic heterocycles. The normalized spacial score (nSPS) is 15.2. The molecule has 1 aliphatic heterocycles. The van der Waals surface area contributed by atoms with Crippen LogP contribution in [0.15, 0.2) is 61.6 Å². The molecule has 0 unspecified atom stereocenters. The molecule has 0 bridgehead atoms. The summed E-state index contributed by atoms with van der Waals surface area (Å²) in [5, 5.41) is 8.80. The van der Waals surface area contributed by atoms with Crippen molar-refractivity contribution in [3.63, 3.8) is 0 Å². The van der Waals surface area contributed by atoms with E-state index in [0.29, 0.717) is 53.6 Å². The third-order valence-corrected chi connectivity index (χ3v) is 8.01. The van der Waals surface area contributed by atoms with Crippen LogP contribution >= 0.6 is 23.4 Å². The molecule has 4 rings (SSSR count). The van der Waals surface area contributed by atoms with Crippen LogP contribution in [-0.4, -0.2) is 65.7 Å². The number of nitrogens with zero attached hydrogens (tertiary/aromatic N) is 4. The molecule has 1 saturated heterocycles. The molecule has 1 fully saturated rings. The first-order chi connectivity index (χ1) is 15.4. The number of hydrogen-bond acceptors (Lipinski definition) is 8. The fraction of sp³-hybridized carbons (Fsp3) is 0.350. The van der Waals surface area contributed by atoms with Crippen LogP contribution in [0.4, 0.5) is 0 Å². The van der Waals surface area contributed by atoms with Crippen molar-refractivity contribution >= 4 is 39.3 Å². The Labute approximate surface area is 194 Å². The predicted octanol–water partition coefficient (Wildman–Crippen LogP) is 3.39. The van der Waals surface area contributed by atoms with Gasteiger partial charge >= 0.3 is 0 Å². The molecule has 3 aromatic rings. The van der Waals surface area contributed by atoms with E-state index >= 15 is 0 Å². The van der Waals surface area contributed by atoms with Crippen molar-refractivity contribution in [3.05, 3.63) is 47.7 Å². The van der Waals surface area contributed by atoms with Gasteiger partial charge in [-0.3, -0.25) is 4.79 Å². The minimum Gasteiger partial charge on any atom is -0.459 e. The minimum absolute atomic E-state index is 0.0101. The summed E-state index contributed by atoms with van der Waals surface area (Å²) in [5.74, 6) is 1.49. The van der Waals surface area contributed by atoms with Crippen molar-refractivity contribution < 1.29 is 22.0 Å². The second kappa shape index (κ2) is 10.1. The highest BCUT2D eigenvalue weighted by Gasteiger charge is 2.29. The Hall–Kier alpha value is -2.34. The summed E-state index contributed by atoms with van der Waals surface area (Å²) in [6, 6.07) is 9.57. The molecule has 0 aliphatic carbocycles. The maximum atomic E-state index is 12.7. The Morgan fingerprint density at radius 2 is 1.84 bits per heavy atom. The molecule has 0 N–H and O–H groups in total. The minimum atomic E-state index is -3.59. The van der Waals surface area contributed by atoms with Gasteiger partial charge in [-0.15, -0.1) is 10.2 Å². The van der Waals surface area contributed by atoms with Gasteiger partial charge in [-0.25, -0.2) is 8.42 Å². The van der Waals surface area contributed by atoms with E-state index in [1.54, 1.807) is 29.2 Å². The van der Waals surface area contributed by atoms with Crippen LogP contribution in [0, 0.1) is 0 Å². The molecule has 1 aromatic carbocycles. The Balaban J connectivity index is 1.20. The van der Waals surface area contributed by atoms with Gasteiger partial charge in [0.2, 0.25) is 15.9 Å².